The molecule has 2 saturated heterocycles. The number of rotatable bonds is 7. The molecule has 4 heteroatoms. The van der Waals surface area contributed by atoms with Gasteiger partial charge in [0.15, 0.2) is 0 Å². The maximum absolute atomic E-state index is 5.58. The molecule has 1 aromatic carbocycles. The molecule has 3 fully saturated rings. The van der Waals surface area contributed by atoms with E-state index in [9.17, 15) is 0 Å². The third-order valence-electron chi connectivity index (χ3n) is 8.14. The number of unbranched alkanes of at least 4 members (excludes halogenated alkanes) is 1. The molecule has 0 amide bonds. The summed E-state index contributed by atoms with van der Waals surface area (Å²) in [6.45, 7) is 23.2. The molecule has 0 atom stereocenters. The fourth-order valence-electron chi connectivity index (χ4n) is 6.99. The van der Waals surface area contributed by atoms with Gasteiger partial charge in [-0.15, -0.1) is 0 Å². The zero-order chi connectivity index (χ0) is 23.5. The van der Waals surface area contributed by atoms with Crippen LogP contribution in [0.15, 0.2) is 18.2 Å². The van der Waals surface area contributed by atoms with Crippen molar-refractivity contribution in [2.24, 2.45) is 10.8 Å². The first-order valence-corrected chi connectivity index (χ1v) is 13.6. The molecule has 0 spiro atoms. The third kappa shape index (κ3) is 6.74. The summed E-state index contributed by atoms with van der Waals surface area (Å²) in [5, 5.41) is 0. The predicted molar refractivity (Wildman–Crippen MR) is 140 cm³/mol. The second-order valence-electron chi connectivity index (χ2n) is 12.6. The van der Waals surface area contributed by atoms with E-state index in [0.717, 1.165) is 32.8 Å². The molecule has 186 valence electrons. The molecule has 0 N–H and O–H groups in total. The van der Waals surface area contributed by atoms with Crippen LogP contribution in [0, 0.1) is 10.8 Å². The number of nitrogens with zero attached hydrogens (tertiary/aromatic N) is 3. The Labute approximate surface area is 203 Å². The van der Waals surface area contributed by atoms with Crippen molar-refractivity contribution >= 4 is 5.69 Å². The SMILES string of the molecule is CCCCN1CCN(c2ccc(CN3CCOCC3)cc2C2CC(C)(C)CC(C)(C)C2)CC1. The predicted octanol–water partition coefficient (Wildman–Crippen LogP) is 5.76. The van der Waals surface area contributed by atoms with Crippen LogP contribution in [0.3, 0.4) is 0 Å². The van der Waals surface area contributed by atoms with E-state index >= 15 is 0 Å². The Bertz CT molecular complexity index is 744. The average Bonchev–Trinajstić information content (AvgIpc) is 2.77. The Balaban J connectivity index is 1.57. The van der Waals surface area contributed by atoms with Gasteiger partial charge < -0.3 is 9.64 Å². The van der Waals surface area contributed by atoms with E-state index in [1.165, 1.54) is 76.1 Å². The highest BCUT2D eigenvalue weighted by atomic mass is 16.5. The van der Waals surface area contributed by atoms with Gasteiger partial charge in [0.2, 0.25) is 0 Å². The van der Waals surface area contributed by atoms with E-state index in [2.05, 4.69) is 67.5 Å². The highest BCUT2D eigenvalue weighted by molar-refractivity contribution is 5.57. The molecule has 0 bridgehead atoms. The number of hydrogen-bond acceptors (Lipinski definition) is 4. The standard InChI is InChI=1S/C29H49N3O/c1-6-7-10-30-11-13-32(14-12-30)27-9-8-24(22-31-15-17-33-18-16-31)19-26(27)25-20-28(2,3)23-29(4,5)21-25/h8-9,19,25H,6-7,10-18,20-23H2,1-5H3. The van der Waals surface area contributed by atoms with Gasteiger partial charge in [0.1, 0.15) is 0 Å². The minimum Gasteiger partial charge on any atom is -0.379 e. The van der Waals surface area contributed by atoms with Crippen LogP contribution in [-0.2, 0) is 11.3 Å². The summed E-state index contributed by atoms with van der Waals surface area (Å²) < 4.78 is 5.58. The number of ether oxygens (including phenoxy) is 1. The van der Waals surface area contributed by atoms with E-state index in [0.29, 0.717) is 16.7 Å². The molecule has 0 aromatic heterocycles. The van der Waals surface area contributed by atoms with Gasteiger partial charge in [-0.25, -0.2) is 0 Å². The largest absolute Gasteiger partial charge is 0.379 e. The fourth-order valence-corrected chi connectivity index (χ4v) is 6.99. The van der Waals surface area contributed by atoms with E-state index in [1.807, 2.05) is 0 Å². The van der Waals surface area contributed by atoms with Crippen LogP contribution in [0.2, 0.25) is 0 Å². The van der Waals surface area contributed by atoms with Crippen molar-refractivity contribution in [3.63, 3.8) is 0 Å². The average molecular weight is 456 g/mol. The summed E-state index contributed by atoms with van der Waals surface area (Å²) in [6, 6.07) is 7.48. The van der Waals surface area contributed by atoms with Crippen molar-refractivity contribution in [1.29, 1.82) is 0 Å². The minimum absolute atomic E-state index is 0.406. The minimum atomic E-state index is 0.406. The zero-order valence-electron chi connectivity index (χ0n) is 22.2. The first-order chi connectivity index (χ1) is 15.7. The van der Waals surface area contributed by atoms with Crippen LogP contribution in [0.25, 0.3) is 0 Å². The quantitative estimate of drug-likeness (QED) is 0.520. The molecule has 4 nitrogen and oxygen atoms in total. The summed E-state index contributed by atoms with van der Waals surface area (Å²) in [5.74, 6) is 0.654. The Morgan fingerprint density at radius 2 is 1.55 bits per heavy atom. The Morgan fingerprint density at radius 3 is 2.18 bits per heavy atom. The summed E-state index contributed by atoms with van der Waals surface area (Å²) in [7, 11) is 0. The lowest BCUT2D eigenvalue weighted by atomic mass is 9.60. The van der Waals surface area contributed by atoms with Crippen molar-refractivity contribution < 1.29 is 4.74 Å². The highest BCUT2D eigenvalue weighted by Gasteiger charge is 2.40. The van der Waals surface area contributed by atoms with Crippen LogP contribution in [-0.4, -0.2) is 68.8 Å². The van der Waals surface area contributed by atoms with Crippen molar-refractivity contribution in [3.05, 3.63) is 29.3 Å². The van der Waals surface area contributed by atoms with E-state index in [1.54, 1.807) is 5.56 Å². The van der Waals surface area contributed by atoms with Crippen LogP contribution in [0.1, 0.15) is 83.8 Å². The fraction of sp³-hybridized carbons (Fsp3) is 0.793. The van der Waals surface area contributed by atoms with Crippen molar-refractivity contribution in [3.8, 4) is 0 Å². The summed E-state index contributed by atoms with van der Waals surface area (Å²) in [4.78, 5) is 7.92. The van der Waals surface area contributed by atoms with Crippen LogP contribution in [0.4, 0.5) is 5.69 Å². The van der Waals surface area contributed by atoms with Gasteiger partial charge in [-0.3, -0.25) is 9.80 Å². The molecule has 1 aromatic rings. The number of hydrogen-bond donors (Lipinski definition) is 0. The van der Waals surface area contributed by atoms with Gasteiger partial charge >= 0.3 is 0 Å². The monoisotopic (exact) mass is 455 g/mol. The highest BCUT2D eigenvalue weighted by Crippen LogP contribution is 2.53. The Hall–Kier alpha value is -1.10. The van der Waals surface area contributed by atoms with Gasteiger partial charge in [-0.05, 0) is 66.2 Å². The second kappa shape index (κ2) is 10.7. The summed E-state index contributed by atoms with van der Waals surface area (Å²) >= 11 is 0. The molecule has 0 unspecified atom stereocenters. The van der Waals surface area contributed by atoms with Gasteiger partial charge in [-0.2, -0.15) is 0 Å². The zero-order valence-corrected chi connectivity index (χ0v) is 22.2. The lowest BCUT2D eigenvalue weighted by Gasteiger charge is -2.46. The van der Waals surface area contributed by atoms with Crippen molar-refractivity contribution in [2.75, 3.05) is 63.9 Å². The molecule has 0 radical (unpaired) electrons. The molecule has 2 heterocycles. The maximum Gasteiger partial charge on any atom is 0.0594 e. The molecule has 1 aliphatic carbocycles. The van der Waals surface area contributed by atoms with E-state index in [-0.39, 0.29) is 0 Å². The molecule has 2 aliphatic heterocycles. The van der Waals surface area contributed by atoms with Gasteiger partial charge in [0.05, 0.1) is 13.2 Å². The molecule has 1 saturated carbocycles. The Kier molecular flexibility index (Phi) is 8.08. The lowest BCUT2D eigenvalue weighted by molar-refractivity contribution is 0.0341. The smallest absolute Gasteiger partial charge is 0.0594 e. The van der Waals surface area contributed by atoms with Gasteiger partial charge in [0.25, 0.3) is 0 Å². The van der Waals surface area contributed by atoms with Crippen LogP contribution in [0.5, 0.6) is 0 Å². The van der Waals surface area contributed by atoms with E-state index < -0.39 is 0 Å². The molecular weight excluding hydrogens is 406 g/mol. The number of benzene rings is 1. The Morgan fingerprint density at radius 1 is 0.879 bits per heavy atom. The molecular formula is C29H49N3O. The first-order valence-electron chi connectivity index (χ1n) is 13.6. The summed E-state index contributed by atoms with van der Waals surface area (Å²) in [5.41, 5.74) is 5.45. The topological polar surface area (TPSA) is 19.0 Å². The van der Waals surface area contributed by atoms with Crippen LogP contribution < -0.4 is 4.90 Å². The molecule has 33 heavy (non-hydrogen) atoms. The van der Waals surface area contributed by atoms with Crippen molar-refractivity contribution in [1.82, 2.24) is 9.80 Å². The summed E-state index contributed by atoms with van der Waals surface area (Å²) in [6.07, 6.45) is 6.56. The molecule has 3 aliphatic rings. The maximum atomic E-state index is 5.58. The number of piperazine rings is 1. The number of morpholine rings is 1. The van der Waals surface area contributed by atoms with Gasteiger partial charge in [0, 0.05) is 51.5 Å². The van der Waals surface area contributed by atoms with Crippen LogP contribution >= 0.6 is 0 Å². The third-order valence-corrected chi connectivity index (χ3v) is 8.14. The first kappa shape index (κ1) is 25.0. The molecule has 4 rings (SSSR count). The lowest BCUT2D eigenvalue weighted by Crippen LogP contribution is -2.47. The van der Waals surface area contributed by atoms with Crippen molar-refractivity contribution in [2.45, 2.75) is 79.2 Å². The van der Waals surface area contributed by atoms with E-state index in [4.69, 9.17) is 4.74 Å². The number of anilines is 1. The van der Waals surface area contributed by atoms with Gasteiger partial charge in [-0.1, -0.05) is 53.2 Å². The normalized spacial score (nSPS) is 24.8. The second-order valence-corrected chi connectivity index (χ2v) is 12.6.